The molecule has 0 spiro atoms. The second-order valence-corrected chi connectivity index (χ2v) is 5.51. The Hall–Kier alpha value is -2.64. The predicted octanol–water partition coefficient (Wildman–Crippen LogP) is 2.49. The number of hydrogen-bond acceptors (Lipinski definition) is 4. The third kappa shape index (κ3) is 2.91. The summed E-state index contributed by atoms with van der Waals surface area (Å²) in [5.74, 6) is 4.91. The number of nitrogen functional groups attached to an aromatic ring is 1. The zero-order valence-corrected chi connectivity index (χ0v) is 13.5. The van der Waals surface area contributed by atoms with E-state index >= 15 is 0 Å². The normalized spacial score (nSPS) is 10.8. The summed E-state index contributed by atoms with van der Waals surface area (Å²) >= 11 is 6.08. The standard InChI is InChI=1S/C16H14ClFN4O2/c1-24-11-4-5-12-14(7-11)22(21-15(12)16(23)20-19)8-9-2-3-10(18)6-13(9)17/h2-7H,8,19H2,1H3,(H,20,23). The lowest BCUT2D eigenvalue weighted by atomic mass is 10.2. The van der Waals surface area contributed by atoms with Crippen LogP contribution in [0.25, 0.3) is 10.9 Å². The number of aromatic nitrogens is 2. The minimum atomic E-state index is -0.505. The molecule has 1 amide bonds. The van der Waals surface area contributed by atoms with E-state index in [1.165, 1.54) is 12.1 Å². The van der Waals surface area contributed by atoms with Crippen LogP contribution in [-0.4, -0.2) is 22.8 Å². The van der Waals surface area contributed by atoms with E-state index in [1.807, 2.05) is 0 Å². The van der Waals surface area contributed by atoms with E-state index in [4.69, 9.17) is 22.2 Å². The molecule has 124 valence electrons. The zero-order chi connectivity index (χ0) is 17.3. The van der Waals surface area contributed by atoms with Crippen molar-refractivity contribution in [1.29, 1.82) is 0 Å². The molecule has 1 aromatic heterocycles. The van der Waals surface area contributed by atoms with Gasteiger partial charge < -0.3 is 4.74 Å². The number of nitrogens with one attached hydrogen (secondary N) is 1. The Morgan fingerprint density at radius 3 is 2.83 bits per heavy atom. The number of halogens is 2. The lowest BCUT2D eigenvalue weighted by Crippen LogP contribution is -2.30. The maximum Gasteiger partial charge on any atom is 0.286 e. The molecule has 0 saturated heterocycles. The van der Waals surface area contributed by atoms with Crippen LogP contribution in [0.4, 0.5) is 4.39 Å². The Bertz CT molecular complexity index is 926. The van der Waals surface area contributed by atoms with E-state index in [0.717, 1.165) is 0 Å². The van der Waals surface area contributed by atoms with Crippen molar-refractivity contribution < 1.29 is 13.9 Å². The number of carbonyl (C=O) groups is 1. The quantitative estimate of drug-likeness (QED) is 0.431. The first-order chi connectivity index (χ1) is 11.5. The highest BCUT2D eigenvalue weighted by atomic mass is 35.5. The molecular weight excluding hydrogens is 335 g/mol. The van der Waals surface area contributed by atoms with Gasteiger partial charge in [0.1, 0.15) is 11.6 Å². The summed E-state index contributed by atoms with van der Waals surface area (Å²) in [6.07, 6.45) is 0. The Morgan fingerprint density at radius 2 is 2.17 bits per heavy atom. The second-order valence-electron chi connectivity index (χ2n) is 5.10. The Labute approximate surface area is 141 Å². The topological polar surface area (TPSA) is 82.2 Å². The molecule has 3 aromatic rings. The first-order valence-corrected chi connectivity index (χ1v) is 7.40. The zero-order valence-electron chi connectivity index (χ0n) is 12.7. The summed E-state index contributed by atoms with van der Waals surface area (Å²) in [4.78, 5) is 11.9. The molecule has 1 heterocycles. The summed E-state index contributed by atoms with van der Waals surface area (Å²) in [5.41, 5.74) is 3.61. The highest BCUT2D eigenvalue weighted by Gasteiger charge is 2.18. The molecule has 0 aliphatic heterocycles. The number of methoxy groups -OCH3 is 1. The van der Waals surface area contributed by atoms with Crippen LogP contribution < -0.4 is 16.0 Å². The fraction of sp³-hybridized carbons (Fsp3) is 0.125. The van der Waals surface area contributed by atoms with Crippen molar-refractivity contribution in [1.82, 2.24) is 15.2 Å². The summed E-state index contributed by atoms with van der Waals surface area (Å²) in [6.45, 7) is 0.265. The third-order valence-electron chi connectivity index (χ3n) is 3.64. The highest BCUT2D eigenvalue weighted by molar-refractivity contribution is 6.31. The van der Waals surface area contributed by atoms with Crippen LogP contribution in [0.3, 0.4) is 0 Å². The Morgan fingerprint density at radius 1 is 1.38 bits per heavy atom. The molecule has 0 aliphatic rings. The van der Waals surface area contributed by atoms with Crippen molar-refractivity contribution in [2.24, 2.45) is 5.84 Å². The van der Waals surface area contributed by atoms with E-state index in [2.05, 4.69) is 10.5 Å². The molecule has 3 rings (SSSR count). The molecule has 0 atom stereocenters. The molecule has 0 fully saturated rings. The molecule has 8 heteroatoms. The first-order valence-electron chi connectivity index (χ1n) is 7.03. The number of nitrogens with zero attached hydrogens (tertiary/aromatic N) is 2. The van der Waals surface area contributed by atoms with Gasteiger partial charge in [0.05, 0.1) is 19.2 Å². The second kappa shape index (κ2) is 6.46. The molecule has 0 saturated carbocycles. The number of benzene rings is 2. The SMILES string of the molecule is COc1ccc2c(C(=O)NN)nn(Cc3ccc(F)cc3Cl)c2c1. The highest BCUT2D eigenvalue weighted by Crippen LogP contribution is 2.26. The third-order valence-corrected chi connectivity index (χ3v) is 3.99. The van der Waals surface area contributed by atoms with Crippen molar-refractivity contribution in [3.05, 3.63) is 58.5 Å². The fourth-order valence-corrected chi connectivity index (χ4v) is 2.68. The average molecular weight is 349 g/mol. The Kier molecular flexibility index (Phi) is 4.37. The van der Waals surface area contributed by atoms with Crippen molar-refractivity contribution in [2.45, 2.75) is 6.54 Å². The summed E-state index contributed by atoms with van der Waals surface area (Å²) in [6, 6.07) is 9.35. The van der Waals surface area contributed by atoms with Crippen LogP contribution in [-0.2, 0) is 6.54 Å². The van der Waals surface area contributed by atoms with E-state index in [0.29, 0.717) is 22.2 Å². The lowest BCUT2D eigenvalue weighted by molar-refractivity contribution is 0.0949. The fourth-order valence-electron chi connectivity index (χ4n) is 2.45. The number of ether oxygens (including phenoxy) is 1. The van der Waals surface area contributed by atoms with E-state index in [9.17, 15) is 9.18 Å². The van der Waals surface area contributed by atoms with Crippen molar-refractivity contribution in [3.8, 4) is 5.75 Å². The number of fused-ring (bicyclic) bond motifs is 1. The molecule has 6 nitrogen and oxygen atoms in total. The monoisotopic (exact) mass is 348 g/mol. The van der Waals surface area contributed by atoms with Crippen LogP contribution >= 0.6 is 11.6 Å². The maximum atomic E-state index is 13.2. The minimum absolute atomic E-state index is 0.188. The smallest absolute Gasteiger partial charge is 0.286 e. The number of hydrazine groups is 1. The summed E-state index contributed by atoms with van der Waals surface area (Å²) in [5, 5.41) is 5.22. The molecule has 2 aromatic carbocycles. The van der Waals surface area contributed by atoms with Gasteiger partial charge in [0.2, 0.25) is 0 Å². The Balaban J connectivity index is 2.13. The van der Waals surface area contributed by atoms with Crippen LogP contribution in [0.2, 0.25) is 5.02 Å². The number of carbonyl (C=O) groups excluding carboxylic acids is 1. The van der Waals surface area contributed by atoms with Gasteiger partial charge in [-0.25, -0.2) is 10.2 Å². The van der Waals surface area contributed by atoms with Crippen LogP contribution in [0, 0.1) is 5.82 Å². The van der Waals surface area contributed by atoms with Gasteiger partial charge in [0.15, 0.2) is 5.69 Å². The molecular formula is C16H14ClFN4O2. The summed E-state index contributed by atoms with van der Waals surface area (Å²) < 4.78 is 20.0. The van der Waals surface area contributed by atoms with Gasteiger partial charge >= 0.3 is 0 Å². The number of hydrogen-bond donors (Lipinski definition) is 2. The van der Waals surface area contributed by atoms with Crippen LogP contribution in [0.1, 0.15) is 16.1 Å². The van der Waals surface area contributed by atoms with E-state index < -0.39 is 11.7 Å². The van der Waals surface area contributed by atoms with Gasteiger partial charge in [-0.3, -0.25) is 14.9 Å². The van der Waals surface area contributed by atoms with Gasteiger partial charge in [-0.15, -0.1) is 0 Å². The number of amides is 1. The first kappa shape index (κ1) is 16.2. The maximum absolute atomic E-state index is 13.2. The van der Waals surface area contributed by atoms with Crippen LogP contribution in [0.5, 0.6) is 5.75 Å². The van der Waals surface area contributed by atoms with Gasteiger partial charge in [-0.2, -0.15) is 5.10 Å². The van der Waals surface area contributed by atoms with Gasteiger partial charge in [-0.1, -0.05) is 17.7 Å². The minimum Gasteiger partial charge on any atom is -0.497 e. The number of rotatable bonds is 4. The van der Waals surface area contributed by atoms with Gasteiger partial charge in [0.25, 0.3) is 5.91 Å². The van der Waals surface area contributed by atoms with Crippen molar-refractivity contribution in [2.75, 3.05) is 7.11 Å². The van der Waals surface area contributed by atoms with Crippen molar-refractivity contribution >= 4 is 28.4 Å². The molecule has 3 N–H and O–H groups in total. The van der Waals surface area contributed by atoms with E-state index in [-0.39, 0.29) is 17.3 Å². The molecule has 0 unspecified atom stereocenters. The van der Waals surface area contributed by atoms with E-state index in [1.54, 1.807) is 36.1 Å². The lowest BCUT2D eigenvalue weighted by Gasteiger charge is -2.07. The molecule has 0 bridgehead atoms. The summed E-state index contributed by atoms with van der Waals surface area (Å²) in [7, 11) is 1.55. The largest absolute Gasteiger partial charge is 0.497 e. The molecule has 0 radical (unpaired) electrons. The predicted molar refractivity (Wildman–Crippen MR) is 88.5 cm³/mol. The average Bonchev–Trinajstić information content (AvgIpc) is 2.94. The molecule has 0 aliphatic carbocycles. The van der Waals surface area contributed by atoms with Gasteiger partial charge in [0, 0.05) is 16.5 Å². The van der Waals surface area contributed by atoms with Crippen molar-refractivity contribution in [3.63, 3.8) is 0 Å². The van der Waals surface area contributed by atoms with Gasteiger partial charge in [-0.05, 0) is 29.8 Å². The van der Waals surface area contributed by atoms with Crippen LogP contribution in [0.15, 0.2) is 36.4 Å². The number of nitrogens with two attached hydrogens (primary N) is 1. The molecule has 24 heavy (non-hydrogen) atoms.